The van der Waals surface area contributed by atoms with Gasteiger partial charge in [0.1, 0.15) is 6.23 Å². The molecule has 66 valence electrons. The van der Waals surface area contributed by atoms with Crippen LogP contribution in [0.15, 0.2) is 0 Å². The summed E-state index contributed by atoms with van der Waals surface area (Å²) in [5, 5.41) is 0. The number of nitrogens with two attached hydrogens (primary N) is 1. The summed E-state index contributed by atoms with van der Waals surface area (Å²) in [6.45, 7) is 5.03. The average molecular weight is 158 g/mol. The molecule has 0 aromatic rings. The highest BCUT2D eigenvalue weighted by atomic mass is 16.6. The van der Waals surface area contributed by atoms with Crippen LogP contribution in [0.25, 0.3) is 0 Å². The van der Waals surface area contributed by atoms with E-state index in [2.05, 4.69) is 25.8 Å². The zero-order valence-electron chi connectivity index (χ0n) is 7.58. The van der Waals surface area contributed by atoms with Gasteiger partial charge in [-0.2, -0.15) is 0 Å². The van der Waals surface area contributed by atoms with Crippen LogP contribution in [0.5, 0.6) is 0 Å². The molecule has 0 aromatic heterocycles. The monoisotopic (exact) mass is 158 g/mol. The lowest BCUT2D eigenvalue weighted by molar-refractivity contribution is 0.160. The average Bonchev–Trinajstić information content (AvgIpc) is 2.66. The van der Waals surface area contributed by atoms with Crippen molar-refractivity contribution in [2.45, 2.75) is 38.6 Å². The molecule has 3 atom stereocenters. The van der Waals surface area contributed by atoms with Gasteiger partial charge in [0.2, 0.25) is 0 Å². The molecular formula is C8H18N2O. The Morgan fingerprint density at radius 1 is 1.64 bits per heavy atom. The number of epoxide rings is 1. The number of hydrogen-bond acceptors (Lipinski definition) is 3. The predicted octanol–water partition coefficient (Wildman–Crippen LogP) is 0.400. The fourth-order valence-corrected chi connectivity index (χ4v) is 1.30. The molecule has 3 nitrogen and oxygen atoms in total. The third-order valence-electron chi connectivity index (χ3n) is 2.36. The smallest absolute Gasteiger partial charge is 0.137 e. The van der Waals surface area contributed by atoms with Crippen molar-refractivity contribution >= 4 is 0 Å². The molecule has 11 heavy (non-hydrogen) atoms. The minimum absolute atomic E-state index is 0.344. The fourth-order valence-electron chi connectivity index (χ4n) is 1.30. The first kappa shape index (κ1) is 8.97. The van der Waals surface area contributed by atoms with Gasteiger partial charge in [-0.05, 0) is 33.9 Å². The Kier molecular flexibility index (Phi) is 2.87. The highest BCUT2D eigenvalue weighted by molar-refractivity contribution is 4.82. The number of ether oxygens (including phenoxy) is 1. The quantitative estimate of drug-likeness (QED) is 0.602. The molecule has 0 radical (unpaired) electrons. The van der Waals surface area contributed by atoms with Gasteiger partial charge in [0.15, 0.2) is 0 Å². The second kappa shape index (κ2) is 3.52. The molecule has 3 unspecified atom stereocenters. The van der Waals surface area contributed by atoms with Crippen LogP contribution in [0.1, 0.15) is 20.3 Å². The summed E-state index contributed by atoms with van der Waals surface area (Å²) in [6.07, 6.45) is 1.81. The maximum atomic E-state index is 5.45. The van der Waals surface area contributed by atoms with E-state index in [9.17, 15) is 0 Å². The lowest BCUT2D eigenvalue weighted by Gasteiger charge is -2.21. The molecule has 0 saturated carbocycles. The van der Waals surface area contributed by atoms with E-state index in [0.29, 0.717) is 18.4 Å². The number of nitrogens with zero attached hydrogens (tertiary/aromatic N) is 1. The van der Waals surface area contributed by atoms with Gasteiger partial charge in [0.05, 0.1) is 6.10 Å². The van der Waals surface area contributed by atoms with Crippen molar-refractivity contribution < 1.29 is 4.74 Å². The van der Waals surface area contributed by atoms with Gasteiger partial charge in [-0.3, -0.25) is 4.90 Å². The molecular weight excluding hydrogens is 140 g/mol. The van der Waals surface area contributed by atoms with Gasteiger partial charge in [-0.15, -0.1) is 0 Å². The van der Waals surface area contributed by atoms with Crippen molar-refractivity contribution in [2.24, 2.45) is 5.73 Å². The Balaban J connectivity index is 2.23. The van der Waals surface area contributed by atoms with Crippen molar-refractivity contribution in [1.29, 1.82) is 0 Å². The molecule has 1 aliphatic rings. The maximum Gasteiger partial charge on any atom is 0.137 e. The van der Waals surface area contributed by atoms with E-state index in [1.807, 2.05) is 0 Å². The van der Waals surface area contributed by atoms with Crippen molar-refractivity contribution in [2.75, 3.05) is 13.6 Å². The number of rotatable bonds is 4. The zero-order valence-corrected chi connectivity index (χ0v) is 7.58. The Hall–Kier alpha value is -0.120. The Morgan fingerprint density at radius 3 is 2.55 bits per heavy atom. The SMILES string of the molecule is CC1OC1N(C)C(C)CCN. The Morgan fingerprint density at radius 2 is 2.18 bits per heavy atom. The van der Waals surface area contributed by atoms with Crippen LogP contribution in [0.2, 0.25) is 0 Å². The van der Waals surface area contributed by atoms with Gasteiger partial charge in [0.25, 0.3) is 0 Å². The lowest BCUT2D eigenvalue weighted by atomic mass is 10.2. The van der Waals surface area contributed by atoms with Gasteiger partial charge in [-0.25, -0.2) is 0 Å². The van der Waals surface area contributed by atoms with Crippen LogP contribution in [-0.2, 0) is 4.74 Å². The minimum atomic E-state index is 0.344. The molecule has 3 heteroatoms. The van der Waals surface area contributed by atoms with Gasteiger partial charge >= 0.3 is 0 Å². The second-order valence-corrected chi connectivity index (χ2v) is 3.32. The molecule has 0 aliphatic carbocycles. The molecule has 0 aromatic carbocycles. The van der Waals surface area contributed by atoms with Crippen LogP contribution in [-0.4, -0.2) is 36.9 Å². The van der Waals surface area contributed by atoms with Crippen LogP contribution in [0.4, 0.5) is 0 Å². The van der Waals surface area contributed by atoms with E-state index in [-0.39, 0.29) is 0 Å². The topological polar surface area (TPSA) is 41.8 Å². The van der Waals surface area contributed by atoms with Gasteiger partial charge in [0, 0.05) is 6.04 Å². The minimum Gasteiger partial charge on any atom is -0.353 e. The van der Waals surface area contributed by atoms with Crippen LogP contribution >= 0.6 is 0 Å². The second-order valence-electron chi connectivity index (χ2n) is 3.32. The predicted molar refractivity (Wildman–Crippen MR) is 45.2 cm³/mol. The van der Waals surface area contributed by atoms with Gasteiger partial charge in [-0.1, -0.05) is 0 Å². The van der Waals surface area contributed by atoms with Crippen LogP contribution in [0, 0.1) is 0 Å². The summed E-state index contributed by atoms with van der Waals surface area (Å²) < 4.78 is 5.33. The molecule has 0 bridgehead atoms. The normalized spacial score (nSPS) is 32.5. The molecule has 1 heterocycles. The number of likely N-dealkylation sites (N-methyl/N-ethyl adjacent to an activating group) is 1. The lowest BCUT2D eigenvalue weighted by Crippen LogP contribution is -2.34. The Bertz CT molecular complexity index is 129. The fraction of sp³-hybridized carbons (Fsp3) is 1.00. The van der Waals surface area contributed by atoms with E-state index in [4.69, 9.17) is 10.5 Å². The van der Waals surface area contributed by atoms with E-state index < -0.39 is 0 Å². The van der Waals surface area contributed by atoms with Crippen molar-refractivity contribution in [3.63, 3.8) is 0 Å². The first-order chi connectivity index (χ1) is 5.16. The summed E-state index contributed by atoms with van der Waals surface area (Å²) in [4.78, 5) is 2.25. The van der Waals surface area contributed by atoms with E-state index >= 15 is 0 Å². The van der Waals surface area contributed by atoms with Crippen LogP contribution in [0.3, 0.4) is 0 Å². The summed E-state index contributed by atoms with van der Waals surface area (Å²) in [6, 6.07) is 0.537. The van der Waals surface area contributed by atoms with E-state index in [1.54, 1.807) is 0 Å². The first-order valence-electron chi connectivity index (χ1n) is 4.24. The van der Waals surface area contributed by atoms with E-state index in [0.717, 1.165) is 13.0 Å². The highest BCUT2D eigenvalue weighted by Crippen LogP contribution is 2.25. The molecule has 1 aliphatic heterocycles. The molecule has 0 spiro atoms. The van der Waals surface area contributed by atoms with Crippen LogP contribution < -0.4 is 5.73 Å². The third kappa shape index (κ3) is 2.15. The third-order valence-corrected chi connectivity index (χ3v) is 2.36. The van der Waals surface area contributed by atoms with E-state index in [1.165, 1.54) is 0 Å². The number of hydrogen-bond donors (Lipinski definition) is 1. The first-order valence-corrected chi connectivity index (χ1v) is 4.24. The van der Waals surface area contributed by atoms with Crippen molar-refractivity contribution in [3.05, 3.63) is 0 Å². The standard InChI is InChI=1S/C8H18N2O/c1-6(4-5-9)10(3)8-7(2)11-8/h6-8H,4-5,9H2,1-3H3. The molecule has 0 amide bonds. The molecule has 1 saturated heterocycles. The maximum absolute atomic E-state index is 5.45. The summed E-state index contributed by atoms with van der Waals surface area (Å²) >= 11 is 0. The van der Waals surface area contributed by atoms with Crippen molar-refractivity contribution in [1.82, 2.24) is 4.90 Å². The summed E-state index contributed by atoms with van der Waals surface area (Å²) in [5.41, 5.74) is 5.45. The van der Waals surface area contributed by atoms with Crippen molar-refractivity contribution in [3.8, 4) is 0 Å². The zero-order chi connectivity index (χ0) is 8.43. The van der Waals surface area contributed by atoms with Gasteiger partial charge < -0.3 is 10.5 Å². The largest absolute Gasteiger partial charge is 0.353 e. The molecule has 2 N–H and O–H groups in total. The molecule has 1 rings (SSSR count). The summed E-state index contributed by atoms with van der Waals surface area (Å²) in [7, 11) is 2.09. The summed E-state index contributed by atoms with van der Waals surface area (Å²) in [5.74, 6) is 0. The molecule has 1 fully saturated rings. The highest BCUT2D eigenvalue weighted by Gasteiger charge is 2.39. The Labute approximate surface area is 68.5 Å².